The number of furan rings is 1. The SMILES string of the molecule is CC(NC(C)C1CCC1)c1occc1Br. The van der Waals surface area contributed by atoms with E-state index in [1.54, 1.807) is 6.26 Å². The number of hydrogen-bond donors (Lipinski definition) is 1. The Kier molecular flexibility index (Phi) is 3.52. The Labute approximate surface area is 99.6 Å². The predicted octanol–water partition coefficient (Wildman–Crippen LogP) is 3.88. The third-order valence-corrected chi connectivity index (χ3v) is 4.06. The maximum Gasteiger partial charge on any atom is 0.134 e. The van der Waals surface area contributed by atoms with E-state index in [0.717, 1.165) is 16.2 Å². The van der Waals surface area contributed by atoms with Crippen molar-refractivity contribution in [3.63, 3.8) is 0 Å². The zero-order valence-corrected chi connectivity index (χ0v) is 10.9. The topological polar surface area (TPSA) is 25.2 Å². The first-order valence-corrected chi connectivity index (χ1v) is 6.46. The van der Waals surface area contributed by atoms with Gasteiger partial charge in [0.2, 0.25) is 0 Å². The molecule has 1 N–H and O–H groups in total. The fraction of sp³-hybridized carbons (Fsp3) is 0.667. The largest absolute Gasteiger partial charge is 0.466 e. The molecule has 0 amide bonds. The zero-order valence-electron chi connectivity index (χ0n) is 9.29. The van der Waals surface area contributed by atoms with E-state index in [2.05, 4.69) is 35.1 Å². The molecule has 2 nitrogen and oxygen atoms in total. The molecule has 0 bridgehead atoms. The zero-order chi connectivity index (χ0) is 10.8. The summed E-state index contributed by atoms with van der Waals surface area (Å²) in [6.45, 7) is 4.43. The second-order valence-corrected chi connectivity index (χ2v) is 5.36. The van der Waals surface area contributed by atoms with Crippen LogP contribution in [0.4, 0.5) is 0 Å². The molecule has 0 saturated heterocycles. The van der Waals surface area contributed by atoms with Gasteiger partial charge in [-0.15, -0.1) is 0 Å². The molecule has 0 aliphatic heterocycles. The maximum absolute atomic E-state index is 5.45. The summed E-state index contributed by atoms with van der Waals surface area (Å²) >= 11 is 3.49. The van der Waals surface area contributed by atoms with Crippen LogP contribution in [-0.2, 0) is 0 Å². The summed E-state index contributed by atoms with van der Waals surface area (Å²) in [5, 5.41) is 3.60. The average molecular weight is 272 g/mol. The van der Waals surface area contributed by atoms with E-state index >= 15 is 0 Å². The average Bonchev–Trinajstić information content (AvgIpc) is 2.47. The number of hydrogen-bond acceptors (Lipinski definition) is 2. The van der Waals surface area contributed by atoms with Crippen molar-refractivity contribution in [3.8, 4) is 0 Å². The van der Waals surface area contributed by atoms with Crippen molar-refractivity contribution < 1.29 is 4.42 Å². The monoisotopic (exact) mass is 271 g/mol. The van der Waals surface area contributed by atoms with Gasteiger partial charge in [0.15, 0.2) is 0 Å². The summed E-state index contributed by atoms with van der Waals surface area (Å²) in [4.78, 5) is 0. The lowest BCUT2D eigenvalue weighted by molar-refractivity contribution is 0.223. The summed E-state index contributed by atoms with van der Waals surface area (Å²) in [6, 6.07) is 2.82. The van der Waals surface area contributed by atoms with Gasteiger partial charge in [0, 0.05) is 6.04 Å². The van der Waals surface area contributed by atoms with Gasteiger partial charge in [0.1, 0.15) is 5.76 Å². The van der Waals surface area contributed by atoms with E-state index in [0.29, 0.717) is 6.04 Å². The van der Waals surface area contributed by atoms with Gasteiger partial charge in [-0.25, -0.2) is 0 Å². The van der Waals surface area contributed by atoms with Crippen LogP contribution in [0, 0.1) is 5.92 Å². The fourth-order valence-electron chi connectivity index (χ4n) is 2.16. The first kappa shape index (κ1) is 11.2. The molecule has 2 rings (SSSR count). The van der Waals surface area contributed by atoms with E-state index < -0.39 is 0 Å². The van der Waals surface area contributed by atoms with Gasteiger partial charge in [-0.05, 0) is 54.6 Å². The molecular weight excluding hydrogens is 254 g/mol. The van der Waals surface area contributed by atoms with Crippen LogP contribution in [0.25, 0.3) is 0 Å². The molecule has 3 heteroatoms. The molecule has 15 heavy (non-hydrogen) atoms. The van der Waals surface area contributed by atoms with E-state index in [1.165, 1.54) is 19.3 Å². The minimum absolute atomic E-state index is 0.282. The quantitative estimate of drug-likeness (QED) is 0.899. The van der Waals surface area contributed by atoms with Crippen molar-refractivity contribution in [1.82, 2.24) is 5.32 Å². The molecule has 2 atom stereocenters. The van der Waals surface area contributed by atoms with Gasteiger partial charge >= 0.3 is 0 Å². The third-order valence-electron chi connectivity index (χ3n) is 3.41. The van der Waals surface area contributed by atoms with Crippen molar-refractivity contribution in [3.05, 3.63) is 22.6 Å². The molecule has 84 valence electrons. The molecule has 0 radical (unpaired) electrons. The summed E-state index contributed by atoms with van der Waals surface area (Å²) in [6.07, 6.45) is 5.88. The lowest BCUT2D eigenvalue weighted by Gasteiger charge is -2.33. The lowest BCUT2D eigenvalue weighted by atomic mass is 9.80. The maximum atomic E-state index is 5.45. The van der Waals surface area contributed by atoms with Crippen LogP contribution in [0.1, 0.15) is 44.9 Å². The normalized spacial score (nSPS) is 21.0. The van der Waals surface area contributed by atoms with Gasteiger partial charge < -0.3 is 9.73 Å². The van der Waals surface area contributed by atoms with Gasteiger partial charge in [-0.1, -0.05) is 6.42 Å². The Morgan fingerprint density at radius 2 is 2.20 bits per heavy atom. The Balaban J connectivity index is 1.91. The second kappa shape index (κ2) is 4.71. The first-order valence-electron chi connectivity index (χ1n) is 5.67. The van der Waals surface area contributed by atoms with Crippen molar-refractivity contribution >= 4 is 15.9 Å². The smallest absolute Gasteiger partial charge is 0.134 e. The molecule has 1 aliphatic carbocycles. The van der Waals surface area contributed by atoms with Crippen molar-refractivity contribution in [2.24, 2.45) is 5.92 Å². The van der Waals surface area contributed by atoms with Gasteiger partial charge in [0.05, 0.1) is 16.8 Å². The van der Waals surface area contributed by atoms with Gasteiger partial charge in [-0.3, -0.25) is 0 Å². The minimum Gasteiger partial charge on any atom is -0.466 e. The lowest BCUT2D eigenvalue weighted by Crippen LogP contribution is -2.38. The van der Waals surface area contributed by atoms with E-state index in [-0.39, 0.29) is 6.04 Å². The summed E-state index contributed by atoms with van der Waals surface area (Å²) in [7, 11) is 0. The molecular formula is C12H18BrNO. The van der Waals surface area contributed by atoms with E-state index in [4.69, 9.17) is 4.42 Å². The van der Waals surface area contributed by atoms with E-state index in [9.17, 15) is 0 Å². The molecule has 1 aliphatic rings. The summed E-state index contributed by atoms with van der Waals surface area (Å²) < 4.78 is 6.51. The molecule has 2 unspecified atom stereocenters. The number of halogens is 1. The highest BCUT2D eigenvalue weighted by molar-refractivity contribution is 9.10. The standard InChI is InChI=1S/C12H18BrNO/c1-8(10-4-3-5-10)14-9(2)12-11(13)6-7-15-12/h6-10,14H,3-5H2,1-2H3. The highest BCUT2D eigenvalue weighted by Gasteiger charge is 2.25. The Morgan fingerprint density at radius 3 is 2.67 bits per heavy atom. The Morgan fingerprint density at radius 1 is 1.47 bits per heavy atom. The van der Waals surface area contributed by atoms with Crippen LogP contribution < -0.4 is 5.32 Å². The fourth-order valence-corrected chi connectivity index (χ4v) is 2.71. The highest BCUT2D eigenvalue weighted by Crippen LogP contribution is 2.31. The molecule has 0 spiro atoms. The van der Waals surface area contributed by atoms with Crippen molar-refractivity contribution in [2.45, 2.75) is 45.2 Å². The van der Waals surface area contributed by atoms with Crippen LogP contribution in [-0.4, -0.2) is 6.04 Å². The molecule has 0 aromatic carbocycles. The first-order chi connectivity index (χ1) is 7.18. The molecule has 1 aromatic rings. The van der Waals surface area contributed by atoms with Crippen LogP contribution in [0.2, 0.25) is 0 Å². The minimum atomic E-state index is 0.282. The Hall–Kier alpha value is -0.280. The van der Waals surface area contributed by atoms with Gasteiger partial charge in [-0.2, -0.15) is 0 Å². The Bertz CT molecular complexity index is 319. The van der Waals surface area contributed by atoms with E-state index in [1.807, 2.05) is 6.07 Å². The van der Waals surface area contributed by atoms with Crippen LogP contribution in [0.5, 0.6) is 0 Å². The van der Waals surface area contributed by atoms with Gasteiger partial charge in [0.25, 0.3) is 0 Å². The van der Waals surface area contributed by atoms with Crippen molar-refractivity contribution in [1.29, 1.82) is 0 Å². The molecule has 1 saturated carbocycles. The van der Waals surface area contributed by atoms with Crippen LogP contribution in [0.15, 0.2) is 21.2 Å². The summed E-state index contributed by atoms with van der Waals surface area (Å²) in [5.41, 5.74) is 0. The van der Waals surface area contributed by atoms with Crippen molar-refractivity contribution in [2.75, 3.05) is 0 Å². The summed E-state index contributed by atoms with van der Waals surface area (Å²) in [5.74, 6) is 1.86. The number of nitrogens with one attached hydrogen (secondary N) is 1. The van der Waals surface area contributed by atoms with Crippen LogP contribution in [0.3, 0.4) is 0 Å². The molecule has 1 fully saturated rings. The predicted molar refractivity (Wildman–Crippen MR) is 64.8 cm³/mol. The molecule has 1 heterocycles. The van der Waals surface area contributed by atoms with Crippen LogP contribution >= 0.6 is 15.9 Å². The third kappa shape index (κ3) is 2.45. The second-order valence-electron chi connectivity index (χ2n) is 4.50. The highest BCUT2D eigenvalue weighted by atomic mass is 79.9. The number of rotatable bonds is 4. The molecule has 1 aromatic heterocycles.